The van der Waals surface area contributed by atoms with Gasteiger partial charge < -0.3 is 40.0 Å². The van der Waals surface area contributed by atoms with Crippen molar-refractivity contribution in [2.75, 3.05) is 13.2 Å². The maximum absolute atomic E-state index is 16.6. The summed E-state index contributed by atoms with van der Waals surface area (Å²) >= 11 is 0. The molecule has 18 atom stereocenters. The second-order valence-electron chi connectivity index (χ2n) is 19.9. The van der Waals surface area contributed by atoms with Gasteiger partial charge in [0.1, 0.15) is 22.9 Å². The molecule has 11 rings (SSSR count). The summed E-state index contributed by atoms with van der Waals surface area (Å²) in [7, 11) is 0. The molecule has 294 valence electrons. The zero-order chi connectivity index (χ0) is 39.4. The van der Waals surface area contributed by atoms with Crippen LogP contribution in [0.1, 0.15) is 67.7 Å². The lowest BCUT2D eigenvalue weighted by molar-refractivity contribution is -0.459. The number of rotatable bonds is 2. The highest BCUT2D eigenvalue weighted by atomic mass is 16.7. The summed E-state index contributed by atoms with van der Waals surface area (Å²) in [6.07, 6.45) is 1.58. The lowest BCUT2D eigenvalue weighted by Crippen LogP contribution is -2.96. The number of fused-ring (bicyclic) bond motifs is 5. The van der Waals surface area contributed by atoms with Crippen molar-refractivity contribution < 1.29 is 58.6 Å². The normalized spacial score (nSPS) is 60.8. The predicted molar refractivity (Wildman–Crippen MR) is 187 cm³/mol. The molecule has 0 radical (unpaired) electrons. The Bertz CT molecular complexity index is 2130. The van der Waals surface area contributed by atoms with Crippen molar-refractivity contribution in [2.45, 2.75) is 109 Å². The minimum atomic E-state index is -3.08. The van der Waals surface area contributed by atoms with Crippen molar-refractivity contribution in [1.82, 2.24) is 5.32 Å². The number of carbonyl (C=O) groups is 5. The van der Waals surface area contributed by atoms with Crippen LogP contribution in [-0.2, 0) is 38.2 Å². The number of amides is 1. The van der Waals surface area contributed by atoms with E-state index in [1.165, 1.54) is 20.1 Å². The zero-order valence-electron chi connectivity index (χ0n) is 32.1. The molecule has 0 aromatic rings. The molecule has 1 amide bonds. The Kier molecular flexibility index (Phi) is 5.93. The van der Waals surface area contributed by atoms with Gasteiger partial charge in [-0.05, 0) is 57.4 Å². The summed E-state index contributed by atoms with van der Waals surface area (Å²) in [6.45, 7) is 11.7. The van der Waals surface area contributed by atoms with Gasteiger partial charge in [0.15, 0.2) is 34.3 Å². The van der Waals surface area contributed by atoms with Crippen LogP contribution < -0.4 is 5.32 Å². The Morgan fingerprint density at radius 1 is 0.982 bits per heavy atom. The number of hydrogen-bond acceptors (Lipinski definition) is 12. The maximum atomic E-state index is 16.6. The van der Waals surface area contributed by atoms with E-state index in [1.54, 1.807) is 0 Å². The first-order valence-corrected chi connectivity index (χ1v) is 20.0. The van der Waals surface area contributed by atoms with Gasteiger partial charge >= 0.3 is 0 Å². The number of aliphatic hydroxyl groups is 4. The van der Waals surface area contributed by atoms with Crippen molar-refractivity contribution in [3.05, 3.63) is 35.1 Å². The molecule has 0 aromatic carbocycles. The standard InChI is InChI=1S/C42H49NO12/c1-16(2)10-22-25-19(5)18(4)12-21-11-17(3)8-9-24(44)35-14-54-42(52)40-32(35)55-29(26(35)28(46)37(21,25)33(49)43-22)38(40)20(6)27(45)41(42,51)34(7)23-13-53-15-36(23,38)31(48)39(40,50)30(34)47/h11-13,16,19-22,24-26,29,32,44,50-52H,8-10,14-15H2,1-7H3,(H,43,49)/b17-11-. The highest BCUT2D eigenvalue weighted by Gasteiger charge is 3.13. The summed E-state index contributed by atoms with van der Waals surface area (Å²) in [5, 5.41) is 55.6. The Morgan fingerprint density at radius 3 is 2.38 bits per heavy atom. The number of allylic oxidation sites excluding steroid dienone is 4. The van der Waals surface area contributed by atoms with Gasteiger partial charge in [0.05, 0.1) is 47.9 Å². The fourth-order valence-electron chi connectivity index (χ4n) is 16.6. The summed E-state index contributed by atoms with van der Waals surface area (Å²) < 4.78 is 19.6. The zero-order valence-corrected chi connectivity index (χ0v) is 32.1. The van der Waals surface area contributed by atoms with E-state index in [0.717, 1.165) is 11.1 Å². The molecule has 7 bridgehead atoms. The van der Waals surface area contributed by atoms with Gasteiger partial charge in [0.25, 0.3) is 0 Å². The monoisotopic (exact) mass is 759 g/mol. The molecule has 5 N–H and O–H groups in total. The van der Waals surface area contributed by atoms with Crippen LogP contribution in [-0.4, -0.2) is 104 Å². The van der Waals surface area contributed by atoms with Crippen LogP contribution in [0.2, 0.25) is 0 Å². The smallest absolute Gasteiger partial charge is 0.235 e. The summed E-state index contributed by atoms with van der Waals surface area (Å²) in [6, 6.07) is -0.380. The molecule has 11 aliphatic rings. The number of ketones is 4. The minimum Gasteiger partial charge on any atom is -0.500 e. The molecule has 13 nitrogen and oxygen atoms in total. The lowest BCUT2D eigenvalue weighted by atomic mass is 9.29. The largest absolute Gasteiger partial charge is 0.500 e. The first-order valence-electron chi connectivity index (χ1n) is 20.0. The molecule has 6 aliphatic carbocycles. The highest BCUT2D eigenvalue weighted by Crippen LogP contribution is 2.96. The van der Waals surface area contributed by atoms with Crippen LogP contribution in [0.25, 0.3) is 0 Å². The number of carbonyl (C=O) groups excluding carboxylic acids is 5. The Balaban J connectivity index is 1.27. The van der Waals surface area contributed by atoms with Gasteiger partial charge in [-0.25, -0.2) is 0 Å². The second kappa shape index (κ2) is 9.29. The third-order valence-electron chi connectivity index (χ3n) is 18.3. The summed E-state index contributed by atoms with van der Waals surface area (Å²) in [4.78, 5) is 77.5. The lowest BCUT2D eigenvalue weighted by Gasteiger charge is -2.75. The van der Waals surface area contributed by atoms with Gasteiger partial charge in [-0.15, -0.1) is 0 Å². The second-order valence-corrected chi connectivity index (χ2v) is 19.9. The van der Waals surface area contributed by atoms with E-state index in [-0.39, 0.29) is 29.9 Å². The first-order chi connectivity index (χ1) is 25.7. The van der Waals surface area contributed by atoms with E-state index in [2.05, 4.69) is 19.2 Å². The highest BCUT2D eigenvalue weighted by molar-refractivity contribution is 6.29. The van der Waals surface area contributed by atoms with Gasteiger partial charge in [-0.1, -0.05) is 51.0 Å². The van der Waals surface area contributed by atoms with Crippen LogP contribution in [0, 0.1) is 68.0 Å². The quantitative estimate of drug-likeness (QED) is 0.197. The van der Waals surface area contributed by atoms with Crippen LogP contribution in [0.3, 0.4) is 0 Å². The molecule has 55 heavy (non-hydrogen) atoms. The first kappa shape index (κ1) is 35.1. The van der Waals surface area contributed by atoms with Crippen molar-refractivity contribution in [3.63, 3.8) is 0 Å². The molecule has 0 aromatic heterocycles. The molecule has 5 heterocycles. The van der Waals surface area contributed by atoms with Crippen molar-refractivity contribution in [3.8, 4) is 0 Å². The number of nitrogens with one attached hydrogen (secondary N) is 1. The van der Waals surface area contributed by atoms with Crippen LogP contribution in [0.4, 0.5) is 0 Å². The number of aliphatic hydroxyl groups excluding tert-OH is 1. The number of hydrogen-bond donors (Lipinski definition) is 5. The molecular formula is C42H49NO12. The van der Waals surface area contributed by atoms with E-state index in [4.69, 9.17) is 14.2 Å². The molecule has 5 aliphatic heterocycles. The summed E-state index contributed by atoms with van der Waals surface area (Å²) in [5.74, 6) is -11.3. The van der Waals surface area contributed by atoms with Gasteiger partial charge in [-0.3, -0.25) is 24.0 Å². The third-order valence-corrected chi connectivity index (χ3v) is 18.3. The molecular weight excluding hydrogens is 710 g/mol. The minimum absolute atomic E-state index is 0.0642. The SMILES string of the molecule is CC1=CC2/C=C(/C)CCC(O)C34COC5(O)C6(O)C(=O)C(C)C78C(OC3C57C3(O)C(=O)C6(C)C5=COCC58C3=O)C4C(=O)C23C(=O)NC(CC(C)C)C3C1C. The van der Waals surface area contributed by atoms with Crippen LogP contribution in [0.15, 0.2) is 35.1 Å². The average molecular weight is 760 g/mol. The average Bonchev–Trinajstić information content (AvgIpc) is 3.90. The Hall–Kier alpha value is -3.07. The molecule has 4 spiro atoms. The van der Waals surface area contributed by atoms with Gasteiger partial charge in [0, 0.05) is 29.2 Å². The Labute approximate surface area is 317 Å². The van der Waals surface area contributed by atoms with Gasteiger partial charge in [0.2, 0.25) is 11.7 Å². The molecule has 4 saturated carbocycles. The molecule has 8 fully saturated rings. The van der Waals surface area contributed by atoms with E-state index < -0.39 is 134 Å². The third kappa shape index (κ3) is 2.62. The van der Waals surface area contributed by atoms with Crippen LogP contribution >= 0.6 is 0 Å². The van der Waals surface area contributed by atoms with Crippen LogP contribution in [0.5, 0.6) is 0 Å². The van der Waals surface area contributed by atoms with Crippen molar-refractivity contribution in [2.24, 2.45) is 68.0 Å². The topological polar surface area (TPSA) is 206 Å². The van der Waals surface area contributed by atoms with Crippen molar-refractivity contribution >= 4 is 29.0 Å². The summed E-state index contributed by atoms with van der Waals surface area (Å²) in [5.41, 5.74) is -16.9. The van der Waals surface area contributed by atoms with E-state index in [1.807, 2.05) is 32.9 Å². The maximum Gasteiger partial charge on any atom is 0.235 e. The van der Waals surface area contributed by atoms with E-state index >= 15 is 24.0 Å². The number of Topliss-reactive ketones (excluding diaryl/α,β-unsaturated/α-hetero) is 4. The predicted octanol–water partition coefficient (Wildman–Crippen LogP) is 0.858. The Morgan fingerprint density at radius 2 is 1.69 bits per heavy atom. The molecule has 4 saturated heterocycles. The number of ether oxygens (including phenoxy) is 3. The van der Waals surface area contributed by atoms with Gasteiger partial charge in [-0.2, -0.15) is 0 Å². The van der Waals surface area contributed by atoms with E-state index in [9.17, 15) is 20.4 Å². The van der Waals surface area contributed by atoms with Crippen molar-refractivity contribution in [1.29, 1.82) is 0 Å². The fraction of sp³-hybridized carbons (Fsp3) is 0.738. The molecule has 18 unspecified atom stereocenters. The van der Waals surface area contributed by atoms with E-state index in [0.29, 0.717) is 12.8 Å². The molecule has 13 heteroatoms. The fourth-order valence-corrected chi connectivity index (χ4v) is 16.6.